The lowest BCUT2D eigenvalue weighted by Crippen LogP contribution is -2.41. The van der Waals surface area contributed by atoms with Crippen LogP contribution in [0.15, 0.2) is 23.2 Å². The predicted molar refractivity (Wildman–Crippen MR) is 137 cm³/mol. The summed E-state index contributed by atoms with van der Waals surface area (Å²) in [5, 5.41) is 10.6. The molecule has 2 rings (SSSR count). The van der Waals surface area contributed by atoms with Crippen molar-refractivity contribution in [3.8, 4) is 30.5 Å². The molecule has 35 heavy (non-hydrogen) atoms. The molecule has 0 atom stereocenters. The first-order valence-electron chi connectivity index (χ1n) is 11.5. The lowest BCUT2D eigenvalue weighted by Gasteiger charge is -2.23. The number of unbranched alkanes of at least 4 members (excludes halogenated alkanes) is 1. The molecule has 0 spiro atoms. The van der Waals surface area contributed by atoms with Crippen LogP contribution in [0.4, 0.5) is 5.69 Å². The van der Waals surface area contributed by atoms with Crippen LogP contribution in [0, 0.1) is 24.3 Å². The average Bonchev–Trinajstić information content (AvgIpc) is 3.43. The number of ether oxygens (including phenoxy) is 2. The molecule has 2 amide bonds. The Morgan fingerprint density at radius 1 is 1.23 bits per heavy atom. The van der Waals surface area contributed by atoms with Crippen molar-refractivity contribution in [1.82, 2.24) is 15.1 Å². The Labute approximate surface area is 209 Å². The number of hydrogen-bond donors (Lipinski definition) is 2. The Morgan fingerprint density at radius 2 is 1.89 bits per heavy atom. The number of carbonyl (C=O) groups excluding carboxylic acids is 2. The third-order valence-corrected chi connectivity index (χ3v) is 5.08. The maximum atomic E-state index is 11.9. The van der Waals surface area contributed by atoms with Crippen LogP contribution in [0.1, 0.15) is 46.0 Å². The van der Waals surface area contributed by atoms with E-state index in [1.165, 1.54) is 7.11 Å². The van der Waals surface area contributed by atoms with Crippen molar-refractivity contribution < 1.29 is 19.1 Å². The summed E-state index contributed by atoms with van der Waals surface area (Å²) in [7, 11) is 3.07. The summed E-state index contributed by atoms with van der Waals surface area (Å²) in [5.41, 5.74) is 5.96. The highest BCUT2D eigenvalue weighted by atomic mass is 16.5. The number of methoxy groups -OCH3 is 2. The van der Waals surface area contributed by atoms with Crippen molar-refractivity contribution in [1.29, 1.82) is 5.26 Å². The summed E-state index contributed by atoms with van der Waals surface area (Å²) in [6.07, 6.45) is 14.4. The van der Waals surface area contributed by atoms with E-state index in [9.17, 15) is 9.59 Å². The van der Waals surface area contributed by atoms with Crippen molar-refractivity contribution in [2.45, 2.75) is 46.0 Å². The number of nitrogens with zero attached hydrogens (tertiary/aromatic N) is 4. The normalized spacial score (nSPS) is 12.1. The van der Waals surface area contributed by atoms with E-state index in [1.807, 2.05) is 11.8 Å². The molecular formula is C25H38N6O4. The number of nitrogens with one attached hydrogen (secondary N) is 1. The van der Waals surface area contributed by atoms with Crippen LogP contribution >= 0.6 is 0 Å². The molecule has 1 aliphatic heterocycles. The zero-order valence-corrected chi connectivity index (χ0v) is 21.2. The third kappa shape index (κ3) is 11.7. The van der Waals surface area contributed by atoms with Crippen molar-refractivity contribution in [2.75, 3.05) is 40.4 Å². The molecule has 10 heteroatoms. The molecular weight excluding hydrogens is 448 g/mol. The van der Waals surface area contributed by atoms with Crippen LogP contribution in [0.25, 0.3) is 0 Å². The van der Waals surface area contributed by atoms with Gasteiger partial charge in [-0.3, -0.25) is 14.9 Å². The highest BCUT2D eigenvalue weighted by Gasteiger charge is 2.21. The molecule has 1 aromatic carbocycles. The second-order valence-electron chi connectivity index (χ2n) is 7.37. The fraction of sp³-hybridized carbons (Fsp3) is 0.520. The molecule has 0 radical (unpaired) electrons. The lowest BCUT2D eigenvalue weighted by atomic mass is 10.2. The first-order valence-corrected chi connectivity index (χ1v) is 11.5. The summed E-state index contributed by atoms with van der Waals surface area (Å²) < 4.78 is 10.1. The predicted octanol–water partition coefficient (Wildman–Crippen LogP) is 2.62. The molecule has 0 saturated carbocycles. The minimum absolute atomic E-state index is 0.00552. The summed E-state index contributed by atoms with van der Waals surface area (Å²) in [6, 6.07) is 5.09. The molecule has 1 saturated heterocycles. The van der Waals surface area contributed by atoms with E-state index in [-0.39, 0.29) is 24.3 Å². The van der Waals surface area contributed by atoms with Gasteiger partial charge in [-0.1, -0.05) is 13.3 Å². The van der Waals surface area contributed by atoms with Gasteiger partial charge < -0.3 is 25.0 Å². The maximum absolute atomic E-state index is 11.9. The standard InChI is InChI=1S/C13H24N2O2.C10H12N4O2.C2H2/c1-3-5-8-12(16)14(4-2)11-13(17)15-9-6-7-10-15;1-15-7-3-4-8(9(5-7)16-2)14-10(12)13-6-11;1-2/h3-11H2,1-2H3;3-5H,1-2H3,(H3,12,13,14);1-2H. The van der Waals surface area contributed by atoms with Gasteiger partial charge in [-0.2, -0.15) is 5.26 Å². The monoisotopic (exact) mass is 486 g/mol. The molecule has 10 nitrogen and oxygen atoms in total. The molecule has 1 heterocycles. The van der Waals surface area contributed by atoms with E-state index in [0.717, 1.165) is 38.8 Å². The number of rotatable bonds is 9. The number of aliphatic imine (C=N–C) groups is 1. The number of likely N-dealkylation sites (tertiary alicyclic amines) is 1. The SMILES string of the molecule is C#C.CCCCC(=O)N(CC)CC(=O)N1CCCC1.COc1ccc(N=C(N)NC#N)c(OC)c1. The molecule has 0 aliphatic carbocycles. The number of terminal acetylenes is 1. The minimum Gasteiger partial charge on any atom is -0.497 e. The molecule has 0 unspecified atom stereocenters. The number of hydrogen-bond acceptors (Lipinski definition) is 6. The van der Waals surface area contributed by atoms with Crippen LogP contribution in [-0.4, -0.2) is 68.0 Å². The summed E-state index contributed by atoms with van der Waals surface area (Å²) in [5.74, 6) is 1.40. The van der Waals surface area contributed by atoms with E-state index in [1.54, 1.807) is 36.4 Å². The van der Waals surface area contributed by atoms with Gasteiger partial charge in [-0.05, 0) is 38.3 Å². The first-order chi connectivity index (χ1) is 16.9. The van der Waals surface area contributed by atoms with E-state index >= 15 is 0 Å². The Hall–Kier alpha value is -3.92. The smallest absolute Gasteiger partial charge is 0.242 e. The number of benzene rings is 1. The topological polar surface area (TPSA) is 133 Å². The number of likely N-dealkylation sites (N-methyl/N-ethyl adjacent to an activating group) is 1. The van der Waals surface area contributed by atoms with E-state index in [0.29, 0.717) is 30.2 Å². The van der Waals surface area contributed by atoms with Gasteiger partial charge in [0, 0.05) is 32.1 Å². The fourth-order valence-electron chi connectivity index (χ4n) is 3.18. The first kappa shape index (κ1) is 31.1. The van der Waals surface area contributed by atoms with Gasteiger partial charge >= 0.3 is 0 Å². The Balaban J connectivity index is 0.000000618. The molecule has 1 aromatic rings. The minimum atomic E-state index is 0.00552. The summed E-state index contributed by atoms with van der Waals surface area (Å²) in [6.45, 7) is 6.61. The largest absolute Gasteiger partial charge is 0.497 e. The van der Waals surface area contributed by atoms with Gasteiger partial charge in [-0.15, -0.1) is 12.8 Å². The fourth-order valence-corrected chi connectivity index (χ4v) is 3.18. The zero-order chi connectivity index (χ0) is 26.6. The van der Waals surface area contributed by atoms with Gasteiger partial charge in [0.1, 0.15) is 17.2 Å². The lowest BCUT2D eigenvalue weighted by molar-refractivity contribution is -0.139. The molecule has 0 bridgehead atoms. The van der Waals surface area contributed by atoms with Gasteiger partial charge in [0.2, 0.25) is 17.8 Å². The van der Waals surface area contributed by atoms with Crippen LogP contribution < -0.4 is 20.5 Å². The van der Waals surface area contributed by atoms with E-state index in [2.05, 4.69) is 30.1 Å². The third-order valence-electron chi connectivity index (χ3n) is 5.08. The average molecular weight is 487 g/mol. The Morgan fingerprint density at radius 3 is 2.40 bits per heavy atom. The number of nitriles is 1. The van der Waals surface area contributed by atoms with Crippen molar-refractivity contribution in [3.05, 3.63) is 18.2 Å². The van der Waals surface area contributed by atoms with Crippen LogP contribution in [-0.2, 0) is 9.59 Å². The number of amides is 2. The highest BCUT2D eigenvalue weighted by molar-refractivity contribution is 5.85. The van der Waals surface area contributed by atoms with Crippen molar-refractivity contribution in [3.63, 3.8) is 0 Å². The van der Waals surface area contributed by atoms with Gasteiger partial charge in [-0.25, -0.2) is 4.99 Å². The highest BCUT2D eigenvalue weighted by Crippen LogP contribution is 2.31. The number of nitrogens with two attached hydrogens (primary N) is 1. The quantitative estimate of drug-likeness (QED) is 0.180. The van der Waals surface area contributed by atoms with Crippen LogP contribution in [0.5, 0.6) is 11.5 Å². The van der Waals surface area contributed by atoms with Gasteiger partial charge in [0.15, 0.2) is 6.19 Å². The Kier molecular flexibility index (Phi) is 16.4. The molecule has 192 valence electrons. The second kappa shape index (κ2) is 18.5. The molecule has 0 aromatic heterocycles. The van der Waals surface area contributed by atoms with Crippen molar-refractivity contribution in [2.24, 2.45) is 10.7 Å². The number of guanidine groups is 1. The van der Waals surface area contributed by atoms with Crippen LogP contribution in [0.3, 0.4) is 0 Å². The molecule has 1 aliphatic rings. The van der Waals surface area contributed by atoms with Crippen LogP contribution in [0.2, 0.25) is 0 Å². The summed E-state index contributed by atoms with van der Waals surface area (Å²) >= 11 is 0. The maximum Gasteiger partial charge on any atom is 0.242 e. The molecule has 1 fully saturated rings. The van der Waals surface area contributed by atoms with E-state index < -0.39 is 0 Å². The van der Waals surface area contributed by atoms with Gasteiger partial charge in [0.05, 0.1) is 20.8 Å². The zero-order valence-electron chi connectivity index (χ0n) is 21.2. The molecule has 3 N–H and O–H groups in total. The van der Waals surface area contributed by atoms with Crippen molar-refractivity contribution >= 4 is 23.5 Å². The number of carbonyl (C=O) groups is 2. The summed E-state index contributed by atoms with van der Waals surface area (Å²) in [4.78, 5) is 31.3. The Bertz CT molecular complexity index is 872. The van der Waals surface area contributed by atoms with E-state index in [4.69, 9.17) is 20.5 Å². The van der Waals surface area contributed by atoms with Gasteiger partial charge in [0.25, 0.3) is 0 Å². The second-order valence-corrected chi connectivity index (χ2v) is 7.37.